The van der Waals surface area contributed by atoms with Gasteiger partial charge in [0.25, 0.3) is 5.91 Å². The van der Waals surface area contributed by atoms with E-state index in [9.17, 15) is 4.79 Å². The summed E-state index contributed by atoms with van der Waals surface area (Å²) in [6.07, 6.45) is 0.864. The molecule has 0 fully saturated rings. The number of fused-ring (bicyclic) bond motifs is 1. The average molecular weight is 466 g/mol. The SMILES string of the molecule is CN(C)CCCN(C(=O)c1ccc(C(C)(C)C)cc1)c1nc2c(Cl)cccc2s1.Cl. The number of nitrogens with zero attached hydrogens (tertiary/aromatic N) is 3. The summed E-state index contributed by atoms with van der Waals surface area (Å²) in [4.78, 5) is 22.0. The van der Waals surface area contributed by atoms with Crippen molar-refractivity contribution in [3.8, 4) is 0 Å². The van der Waals surface area contributed by atoms with Crippen molar-refractivity contribution in [3.05, 3.63) is 58.6 Å². The highest BCUT2D eigenvalue weighted by molar-refractivity contribution is 7.22. The molecule has 0 spiro atoms. The number of hydrogen-bond donors (Lipinski definition) is 0. The number of hydrogen-bond acceptors (Lipinski definition) is 4. The maximum atomic E-state index is 13.4. The van der Waals surface area contributed by atoms with Gasteiger partial charge in [-0.25, -0.2) is 4.98 Å². The Bertz CT molecular complexity index is 994. The summed E-state index contributed by atoms with van der Waals surface area (Å²) in [7, 11) is 4.07. The van der Waals surface area contributed by atoms with Crippen LogP contribution < -0.4 is 4.90 Å². The largest absolute Gasteiger partial charge is 0.309 e. The van der Waals surface area contributed by atoms with Crippen molar-refractivity contribution in [2.24, 2.45) is 0 Å². The Morgan fingerprint density at radius 2 is 1.73 bits per heavy atom. The Kier molecular flexibility index (Phi) is 8.28. The zero-order valence-corrected chi connectivity index (χ0v) is 20.5. The van der Waals surface area contributed by atoms with Crippen LogP contribution in [0.3, 0.4) is 0 Å². The third-order valence-electron chi connectivity index (χ3n) is 4.82. The summed E-state index contributed by atoms with van der Waals surface area (Å²) < 4.78 is 0.987. The van der Waals surface area contributed by atoms with Gasteiger partial charge >= 0.3 is 0 Å². The van der Waals surface area contributed by atoms with Crippen LogP contribution in [0.25, 0.3) is 10.2 Å². The molecule has 0 unspecified atom stereocenters. The normalized spacial score (nSPS) is 11.6. The molecule has 0 aliphatic rings. The fraction of sp³-hybridized carbons (Fsp3) is 0.391. The van der Waals surface area contributed by atoms with Gasteiger partial charge in [-0.15, -0.1) is 12.4 Å². The number of aromatic nitrogens is 1. The van der Waals surface area contributed by atoms with E-state index in [4.69, 9.17) is 16.6 Å². The molecule has 30 heavy (non-hydrogen) atoms. The lowest BCUT2D eigenvalue weighted by molar-refractivity contribution is 0.0986. The summed E-state index contributed by atoms with van der Waals surface area (Å²) in [6.45, 7) is 8.01. The molecule has 1 amide bonds. The maximum Gasteiger partial charge on any atom is 0.260 e. The molecule has 3 aromatic rings. The highest BCUT2D eigenvalue weighted by atomic mass is 35.5. The lowest BCUT2D eigenvalue weighted by atomic mass is 9.86. The van der Waals surface area contributed by atoms with E-state index in [-0.39, 0.29) is 23.7 Å². The molecule has 0 saturated heterocycles. The predicted molar refractivity (Wildman–Crippen MR) is 132 cm³/mol. The number of halogens is 2. The number of para-hydroxylation sites is 1. The van der Waals surface area contributed by atoms with Gasteiger partial charge in [-0.2, -0.15) is 0 Å². The van der Waals surface area contributed by atoms with Gasteiger partial charge in [-0.05, 0) is 62.3 Å². The van der Waals surface area contributed by atoms with E-state index in [1.165, 1.54) is 16.9 Å². The third kappa shape index (κ3) is 5.73. The van der Waals surface area contributed by atoms with Gasteiger partial charge < -0.3 is 4.90 Å². The van der Waals surface area contributed by atoms with Crippen LogP contribution in [0.4, 0.5) is 5.13 Å². The number of carbonyl (C=O) groups excluding carboxylic acids is 1. The fourth-order valence-corrected chi connectivity index (χ4v) is 4.41. The third-order valence-corrected chi connectivity index (χ3v) is 6.17. The second-order valence-electron chi connectivity index (χ2n) is 8.52. The Hall–Kier alpha value is -1.66. The summed E-state index contributed by atoms with van der Waals surface area (Å²) >= 11 is 7.82. The lowest BCUT2D eigenvalue weighted by Crippen LogP contribution is -2.33. The smallest absolute Gasteiger partial charge is 0.260 e. The maximum absolute atomic E-state index is 13.4. The first-order chi connectivity index (χ1) is 13.7. The van der Waals surface area contributed by atoms with Crippen LogP contribution in [0.5, 0.6) is 0 Å². The predicted octanol–water partition coefficient (Wildman–Crippen LogP) is 6.27. The lowest BCUT2D eigenvalue weighted by Gasteiger charge is -2.22. The van der Waals surface area contributed by atoms with Crippen LogP contribution in [0, 0.1) is 0 Å². The van der Waals surface area contributed by atoms with Crippen LogP contribution in [-0.2, 0) is 5.41 Å². The van der Waals surface area contributed by atoms with E-state index in [1.807, 2.05) is 56.6 Å². The van der Waals surface area contributed by atoms with Gasteiger partial charge in [-0.1, -0.05) is 61.9 Å². The number of amides is 1. The summed E-state index contributed by atoms with van der Waals surface area (Å²) in [5.74, 6) is -0.0283. The quantitative estimate of drug-likeness (QED) is 0.430. The number of thiazole rings is 1. The Morgan fingerprint density at radius 1 is 1.07 bits per heavy atom. The molecule has 0 saturated carbocycles. The van der Waals surface area contributed by atoms with E-state index in [1.54, 1.807) is 4.90 Å². The summed E-state index contributed by atoms with van der Waals surface area (Å²) in [5, 5.41) is 1.30. The molecule has 3 rings (SSSR count). The Labute approximate surface area is 194 Å². The summed E-state index contributed by atoms with van der Waals surface area (Å²) in [6, 6.07) is 13.7. The average Bonchev–Trinajstić information content (AvgIpc) is 3.09. The van der Waals surface area contributed by atoms with Crippen molar-refractivity contribution in [2.45, 2.75) is 32.6 Å². The molecular formula is C23H29Cl2N3OS. The molecule has 4 nitrogen and oxygen atoms in total. The van der Waals surface area contributed by atoms with Crippen LogP contribution >= 0.6 is 35.3 Å². The molecule has 7 heteroatoms. The molecular weight excluding hydrogens is 437 g/mol. The number of carbonyl (C=O) groups is 1. The zero-order valence-electron chi connectivity index (χ0n) is 18.1. The van der Waals surface area contributed by atoms with Crippen molar-refractivity contribution >= 4 is 56.6 Å². The minimum Gasteiger partial charge on any atom is -0.309 e. The first-order valence-electron chi connectivity index (χ1n) is 9.79. The van der Waals surface area contributed by atoms with Crippen molar-refractivity contribution in [1.29, 1.82) is 0 Å². The van der Waals surface area contributed by atoms with Gasteiger partial charge in [0.05, 0.1) is 9.72 Å². The van der Waals surface area contributed by atoms with E-state index in [2.05, 4.69) is 25.7 Å². The molecule has 1 aromatic heterocycles. The van der Waals surface area contributed by atoms with Gasteiger partial charge in [0.15, 0.2) is 5.13 Å². The van der Waals surface area contributed by atoms with Gasteiger partial charge in [0, 0.05) is 12.1 Å². The highest BCUT2D eigenvalue weighted by Gasteiger charge is 2.22. The summed E-state index contributed by atoms with van der Waals surface area (Å²) in [5.41, 5.74) is 2.69. The van der Waals surface area contributed by atoms with Gasteiger partial charge in [0.1, 0.15) is 5.52 Å². The van der Waals surface area contributed by atoms with E-state index >= 15 is 0 Å². The van der Waals surface area contributed by atoms with Crippen molar-refractivity contribution in [1.82, 2.24) is 9.88 Å². The number of anilines is 1. The number of benzene rings is 2. The number of rotatable bonds is 6. The van der Waals surface area contributed by atoms with Crippen LogP contribution in [-0.4, -0.2) is 43.0 Å². The molecule has 0 aliphatic heterocycles. The Balaban J connectivity index is 0.00000320. The molecule has 1 heterocycles. The Morgan fingerprint density at radius 3 is 2.30 bits per heavy atom. The minimum absolute atomic E-state index is 0. The monoisotopic (exact) mass is 465 g/mol. The van der Waals surface area contributed by atoms with Crippen LogP contribution in [0.1, 0.15) is 43.1 Å². The van der Waals surface area contributed by atoms with E-state index < -0.39 is 0 Å². The molecule has 0 atom stereocenters. The van der Waals surface area contributed by atoms with Crippen LogP contribution in [0.15, 0.2) is 42.5 Å². The first kappa shape index (κ1) is 24.6. The topological polar surface area (TPSA) is 36.4 Å². The second-order valence-corrected chi connectivity index (χ2v) is 9.94. The van der Waals surface area contributed by atoms with E-state index in [0.717, 1.165) is 23.2 Å². The minimum atomic E-state index is -0.0283. The zero-order chi connectivity index (χ0) is 21.2. The molecule has 162 valence electrons. The standard InChI is InChI=1S/C23H28ClN3OS.ClH/c1-23(2,3)17-12-10-16(11-13-17)21(28)27(15-7-14-26(4)5)22-25-20-18(24)8-6-9-19(20)29-22;/h6,8-13H,7,14-15H2,1-5H3;1H. The highest BCUT2D eigenvalue weighted by Crippen LogP contribution is 2.33. The first-order valence-corrected chi connectivity index (χ1v) is 11.0. The fourth-order valence-electron chi connectivity index (χ4n) is 3.12. The molecule has 0 bridgehead atoms. The van der Waals surface area contributed by atoms with Crippen LogP contribution in [0.2, 0.25) is 5.02 Å². The molecule has 0 aliphatic carbocycles. The van der Waals surface area contributed by atoms with Crippen molar-refractivity contribution in [3.63, 3.8) is 0 Å². The van der Waals surface area contributed by atoms with E-state index in [0.29, 0.717) is 22.3 Å². The molecule has 2 aromatic carbocycles. The van der Waals surface area contributed by atoms with Crippen molar-refractivity contribution < 1.29 is 4.79 Å². The second kappa shape index (κ2) is 10.1. The van der Waals surface area contributed by atoms with Gasteiger partial charge in [-0.3, -0.25) is 9.69 Å². The van der Waals surface area contributed by atoms with Gasteiger partial charge in [0.2, 0.25) is 0 Å². The van der Waals surface area contributed by atoms with Crippen molar-refractivity contribution in [2.75, 3.05) is 32.1 Å². The molecule has 0 N–H and O–H groups in total. The molecule has 0 radical (unpaired) electrons.